The number of fused-ring (bicyclic) bond motifs is 1. The van der Waals surface area contributed by atoms with Crippen LogP contribution in [0.4, 0.5) is 8.78 Å². The number of amides is 7. The number of aromatic nitrogens is 1. The molecule has 4 atom stereocenters. The molecule has 0 radical (unpaired) electrons. The van der Waals surface area contributed by atoms with Crippen molar-refractivity contribution in [2.45, 2.75) is 120 Å². The summed E-state index contributed by atoms with van der Waals surface area (Å²) >= 11 is 1.34. The van der Waals surface area contributed by atoms with Gasteiger partial charge in [-0.3, -0.25) is 77.4 Å². The van der Waals surface area contributed by atoms with Gasteiger partial charge < -0.3 is 45.1 Å². The summed E-state index contributed by atoms with van der Waals surface area (Å²) in [5, 5.41) is 17.8. The van der Waals surface area contributed by atoms with Gasteiger partial charge in [-0.25, -0.2) is 8.78 Å². The number of aryl methyl sites for hydroxylation is 2. The number of aliphatic carboxylic acids is 1. The molecule has 7 rings (SSSR count). The Bertz CT molecular complexity index is 3150. The van der Waals surface area contributed by atoms with Gasteiger partial charge in [0.1, 0.15) is 19.2 Å². The molecule has 5 heterocycles. The Morgan fingerprint density at radius 2 is 1.48 bits per heavy atom. The Labute approximate surface area is 564 Å². The lowest BCUT2D eigenvalue weighted by Crippen LogP contribution is -2.49. The zero-order chi connectivity index (χ0) is 69.0. The van der Waals surface area contributed by atoms with Crippen molar-refractivity contribution in [1.29, 1.82) is 0 Å². The highest BCUT2D eigenvalue weighted by molar-refractivity contribution is 8.01. The highest BCUT2D eigenvalue weighted by Gasteiger charge is 2.46. The number of carboxylic acid groups (broad SMARTS) is 1. The minimum Gasteiger partial charge on any atom is -0.494 e. The molecule has 25 nitrogen and oxygen atoms in total. The third kappa shape index (κ3) is 24.7. The maximum Gasteiger partial charge on any atom is 0.317 e. The molecule has 0 saturated carbocycles. The lowest BCUT2D eigenvalue weighted by molar-refractivity contribution is -0.143. The van der Waals surface area contributed by atoms with E-state index in [1.54, 1.807) is 34.9 Å². The summed E-state index contributed by atoms with van der Waals surface area (Å²) in [5.41, 5.74) is 3.11. The number of pyridine rings is 1. The standard InChI is InChI=1S/C68H93F2N11O14S/c1-4-53-38-68(69,70)44-81(53)63(87)40-74-65(90)56-20-24-71-58-19-18-54(36-57(56)58)95-35-9-11-52-21-25-79(26-22-52)66(91)50(3)41-80-62(86)37-59(67(80)92)96-55(12-6-5-7-23-72-60(84)13-8-10-51-16-14-49(2)15-17-51)39-73-61(85)42-75-27-28-76(43-64(88)89)30-32-78(46-94-48-83)34-33-77(31-29-75)45-93-47-82/h1,14-20,24,36,47-48,50,52-53,55,59H,5-13,21-23,25-35,37-46H2,2-3H3,(H,72,84)(H,73,85)(H,74,90)(H,88,89)/t50-,53+,55-,59?/m1/s1. The minimum atomic E-state index is -3.11. The number of carboxylic acids is 1. The second-order valence-electron chi connectivity index (χ2n) is 25.2. The molecule has 0 spiro atoms. The number of benzene rings is 2. The average molecular weight is 1360 g/mol. The Balaban J connectivity index is 0.877. The maximum atomic E-state index is 14.2. The molecule has 2 aromatic carbocycles. The van der Waals surface area contributed by atoms with Gasteiger partial charge in [0.25, 0.3) is 24.8 Å². The number of halogens is 2. The molecule has 4 aliphatic rings. The van der Waals surface area contributed by atoms with Crippen LogP contribution in [0.15, 0.2) is 54.7 Å². The zero-order valence-corrected chi connectivity index (χ0v) is 56.0. The highest BCUT2D eigenvalue weighted by Crippen LogP contribution is 2.34. The maximum absolute atomic E-state index is 14.2. The summed E-state index contributed by atoms with van der Waals surface area (Å²) in [6.07, 6.45) is 13.9. The number of nitrogens with one attached hydrogen (secondary N) is 3. The van der Waals surface area contributed by atoms with Crippen LogP contribution in [-0.2, 0) is 59.0 Å². The molecule has 96 heavy (non-hydrogen) atoms. The molecule has 4 saturated heterocycles. The highest BCUT2D eigenvalue weighted by atomic mass is 32.2. The van der Waals surface area contributed by atoms with Crippen molar-refractivity contribution in [2.75, 3.05) is 131 Å². The van der Waals surface area contributed by atoms with Gasteiger partial charge >= 0.3 is 5.97 Å². The molecule has 1 unspecified atom stereocenters. The molecule has 28 heteroatoms. The van der Waals surface area contributed by atoms with E-state index in [0.29, 0.717) is 146 Å². The third-order valence-corrected chi connectivity index (χ3v) is 19.4. The van der Waals surface area contributed by atoms with Crippen molar-refractivity contribution in [3.63, 3.8) is 0 Å². The van der Waals surface area contributed by atoms with E-state index in [2.05, 4.69) is 51.1 Å². The monoisotopic (exact) mass is 1360 g/mol. The van der Waals surface area contributed by atoms with Crippen LogP contribution in [0.2, 0.25) is 0 Å². The lowest BCUT2D eigenvalue weighted by atomic mass is 9.91. The van der Waals surface area contributed by atoms with Gasteiger partial charge in [-0.05, 0) is 94.0 Å². The number of hydrogen-bond acceptors (Lipinski definition) is 19. The predicted octanol–water partition coefficient (Wildman–Crippen LogP) is 3.79. The van der Waals surface area contributed by atoms with Gasteiger partial charge in [0, 0.05) is 121 Å². The van der Waals surface area contributed by atoms with E-state index < -0.39 is 60.4 Å². The number of piperidine rings is 1. The Morgan fingerprint density at radius 1 is 0.812 bits per heavy atom. The first-order valence-corrected chi connectivity index (χ1v) is 34.2. The van der Waals surface area contributed by atoms with Crippen molar-refractivity contribution in [3.05, 3.63) is 71.4 Å². The first kappa shape index (κ1) is 75.5. The number of hydrogen-bond donors (Lipinski definition) is 4. The predicted molar refractivity (Wildman–Crippen MR) is 354 cm³/mol. The number of carbonyl (C=O) groups excluding carboxylic acids is 9. The quantitative estimate of drug-likeness (QED) is 0.0282. The molecule has 0 bridgehead atoms. The lowest BCUT2D eigenvalue weighted by Gasteiger charge is -2.34. The van der Waals surface area contributed by atoms with Crippen LogP contribution in [0.5, 0.6) is 5.75 Å². The average Bonchev–Trinajstić information content (AvgIpc) is 1.23. The van der Waals surface area contributed by atoms with E-state index in [1.807, 2.05) is 21.6 Å². The summed E-state index contributed by atoms with van der Waals surface area (Å²) in [5.74, 6) is -4.24. The number of unbranched alkanes of at least 4 members (excludes halogenated alkanes) is 2. The van der Waals surface area contributed by atoms with Gasteiger partial charge in [-0.15, -0.1) is 18.2 Å². The third-order valence-electron chi connectivity index (χ3n) is 17.9. The first-order valence-electron chi connectivity index (χ1n) is 33.2. The number of imide groups is 1. The van der Waals surface area contributed by atoms with E-state index in [-0.39, 0.29) is 86.4 Å². The van der Waals surface area contributed by atoms with Gasteiger partial charge in [0.2, 0.25) is 35.4 Å². The summed E-state index contributed by atoms with van der Waals surface area (Å²) in [4.78, 5) is 144. The largest absolute Gasteiger partial charge is 0.494 e. The topological polar surface area (TPSA) is 290 Å². The minimum absolute atomic E-state index is 0.00454. The summed E-state index contributed by atoms with van der Waals surface area (Å²) in [7, 11) is 0. The van der Waals surface area contributed by atoms with Crippen molar-refractivity contribution < 1.29 is 76.0 Å². The zero-order valence-electron chi connectivity index (χ0n) is 55.1. The fourth-order valence-electron chi connectivity index (χ4n) is 12.4. The Kier molecular flexibility index (Phi) is 30.5. The Morgan fingerprint density at radius 3 is 2.14 bits per heavy atom. The SMILES string of the molecule is C#C[C@H]1CC(F)(F)CN1C(=O)CNC(=O)c1ccnc2ccc(OCCCC3CCN(C(=O)[C@H](C)CN4C(=O)CC(S[C@H](CCCCCNC(=O)CCCc5ccc(C)cc5)CNC(=O)CN5CCN(COC=O)CCN(COC=O)CCN(CC(=O)O)CC5)C4=O)CC3)cc12. The molecular formula is C68H93F2N11O14S. The van der Waals surface area contributed by atoms with Crippen LogP contribution < -0.4 is 20.7 Å². The molecule has 4 fully saturated rings. The summed E-state index contributed by atoms with van der Waals surface area (Å²) in [6.45, 7) is 7.77. The summed E-state index contributed by atoms with van der Waals surface area (Å²) in [6, 6.07) is 13.9. The first-order chi connectivity index (χ1) is 46.2. The van der Waals surface area contributed by atoms with Gasteiger partial charge in [-0.1, -0.05) is 55.5 Å². The number of thioether (sulfide) groups is 1. The van der Waals surface area contributed by atoms with Gasteiger partial charge in [0.05, 0.1) is 61.1 Å². The van der Waals surface area contributed by atoms with E-state index in [1.165, 1.54) is 40.1 Å². The van der Waals surface area contributed by atoms with Gasteiger partial charge in [-0.2, -0.15) is 0 Å². The van der Waals surface area contributed by atoms with Gasteiger partial charge in [0.15, 0.2) is 0 Å². The van der Waals surface area contributed by atoms with E-state index in [9.17, 15) is 61.8 Å². The molecule has 7 amide bonds. The number of nitrogens with zero attached hydrogens (tertiary/aromatic N) is 8. The number of alkyl halides is 2. The number of rotatable bonds is 35. The van der Waals surface area contributed by atoms with Crippen molar-refractivity contribution in [1.82, 2.24) is 55.2 Å². The van der Waals surface area contributed by atoms with Crippen molar-refractivity contribution >= 4 is 82.9 Å². The summed E-state index contributed by atoms with van der Waals surface area (Å²) < 4.78 is 44.2. The van der Waals surface area contributed by atoms with Crippen LogP contribution >= 0.6 is 11.8 Å². The molecule has 524 valence electrons. The van der Waals surface area contributed by atoms with Crippen LogP contribution in [0, 0.1) is 31.1 Å². The van der Waals surface area contributed by atoms with Crippen LogP contribution in [-0.4, -0.2) is 258 Å². The van der Waals surface area contributed by atoms with Crippen molar-refractivity contribution in [2.24, 2.45) is 11.8 Å². The smallest absolute Gasteiger partial charge is 0.317 e. The van der Waals surface area contributed by atoms with Crippen LogP contribution in [0.3, 0.4) is 0 Å². The van der Waals surface area contributed by atoms with Crippen LogP contribution in [0.25, 0.3) is 10.9 Å². The molecule has 4 N–H and O–H groups in total. The van der Waals surface area contributed by atoms with Crippen LogP contribution in [0.1, 0.15) is 105 Å². The Hall–Kier alpha value is -7.84. The van der Waals surface area contributed by atoms with E-state index in [0.717, 1.165) is 43.4 Å². The molecule has 4 aliphatic heterocycles. The number of carbonyl (C=O) groups is 10. The second-order valence-corrected chi connectivity index (χ2v) is 26.8. The van der Waals surface area contributed by atoms with E-state index >= 15 is 0 Å². The second kappa shape index (κ2) is 38.8. The number of likely N-dealkylation sites (tertiary alicyclic amines) is 3. The molecular weight excluding hydrogens is 1260 g/mol. The number of terminal acetylenes is 1. The fourth-order valence-corrected chi connectivity index (χ4v) is 13.8. The molecule has 3 aromatic rings. The van der Waals surface area contributed by atoms with Crippen molar-refractivity contribution in [3.8, 4) is 18.1 Å². The molecule has 1 aromatic heterocycles. The fraction of sp³-hybridized carbons (Fsp3) is 0.603. The van der Waals surface area contributed by atoms with E-state index in [4.69, 9.17) is 20.6 Å². The normalized spacial score (nSPS) is 19.3. The number of ether oxygens (including phenoxy) is 3. The molecule has 0 aliphatic carbocycles.